The summed E-state index contributed by atoms with van der Waals surface area (Å²) in [5.74, 6) is 3.20. The van der Waals surface area contributed by atoms with E-state index < -0.39 is 5.41 Å². The number of rotatable bonds is 2. The molecule has 168 valence electrons. The lowest BCUT2D eigenvalue weighted by Crippen LogP contribution is -2.32. The molecular weight excluding hydrogens is 564 g/mol. The van der Waals surface area contributed by atoms with Gasteiger partial charge in [0, 0.05) is 26.1 Å². The second-order valence-electron chi connectivity index (χ2n) is 8.80. The topological polar surface area (TPSA) is 18.5 Å². The molecule has 35 heavy (non-hydrogen) atoms. The Morgan fingerprint density at radius 2 is 1.14 bits per heavy atom. The summed E-state index contributed by atoms with van der Waals surface area (Å²) in [4.78, 5) is 0. The fraction of sp³-hybridized carbons (Fsp3) is 0.0323. The van der Waals surface area contributed by atoms with Crippen LogP contribution in [0.1, 0.15) is 22.3 Å². The Bertz CT molecular complexity index is 1570. The van der Waals surface area contributed by atoms with Crippen LogP contribution >= 0.6 is 31.9 Å². The lowest BCUT2D eigenvalue weighted by Gasteiger charge is -2.39. The quantitative estimate of drug-likeness (QED) is 0.202. The van der Waals surface area contributed by atoms with Gasteiger partial charge < -0.3 is 9.47 Å². The van der Waals surface area contributed by atoms with Crippen LogP contribution in [0.5, 0.6) is 23.0 Å². The van der Waals surface area contributed by atoms with Crippen LogP contribution in [0.3, 0.4) is 0 Å². The molecule has 1 spiro atoms. The Balaban J connectivity index is 1.54. The fourth-order valence-corrected chi connectivity index (χ4v) is 6.28. The second kappa shape index (κ2) is 7.84. The summed E-state index contributed by atoms with van der Waals surface area (Å²) >= 11 is 7.48. The number of halogens is 2. The van der Waals surface area contributed by atoms with Gasteiger partial charge in [0.25, 0.3) is 0 Å². The lowest BCUT2D eigenvalue weighted by atomic mass is 9.66. The molecule has 1 aliphatic carbocycles. The first kappa shape index (κ1) is 21.0. The predicted octanol–water partition coefficient (Wildman–Crippen LogP) is 9.47. The van der Waals surface area contributed by atoms with Crippen molar-refractivity contribution in [3.8, 4) is 34.1 Å². The van der Waals surface area contributed by atoms with Gasteiger partial charge in [-0.3, -0.25) is 0 Å². The van der Waals surface area contributed by atoms with Crippen molar-refractivity contribution < 1.29 is 9.47 Å². The first-order chi connectivity index (χ1) is 17.1. The van der Waals surface area contributed by atoms with E-state index >= 15 is 0 Å². The van der Waals surface area contributed by atoms with Crippen LogP contribution in [-0.2, 0) is 5.41 Å². The predicted molar refractivity (Wildman–Crippen MR) is 146 cm³/mol. The molecule has 1 heterocycles. The van der Waals surface area contributed by atoms with Gasteiger partial charge in [-0.15, -0.1) is 0 Å². The third-order valence-electron chi connectivity index (χ3n) is 6.91. The third kappa shape index (κ3) is 3.06. The molecule has 2 nitrogen and oxygen atoms in total. The van der Waals surface area contributed by atoms with Gasteiger partial charge in [-0.1, -0.05) is 86.5 Å². The minimum absolute atomic E-state index is 0.506. The summed E-state index contributed by atoms with van der Waals surface area (Å²) in [6.45, 7) is 0. The molecule has 0 fully saturated rings. The van der Waals surface area contributed by atoms with Gasteiger partial charge in [0.05, 0.1) is 5.41 Å². The Labute approximate surface area is 220 Å². The van der Waals surface area contributed by atoms with Crippen molar-refractivity contribution in [3.63, 3.8) is 0 Å². The summed E-state index contributed by atoms with van der Waals surface area (Å²) in [6, 6.07) is 37.6. The Morgan fingerprint density at radius 3 is 1.86 bits per heavy atom. The van der Waals surface area contributed by atoms with Crippen molar-refractivity contribution in [1.29, 1.82) is 0 Å². The van der Waals surface area contributed by atoms with E-state index in [4.69, 9.17) is 9.47 Å². The molecule has 0 bridgehead atoms. The van der Waals surface area contributed by atoms with E-state index in [0.717, 1.165) is 43.1 Å². The van der Waals surface area contributed by atoms with Crippen LogP contribution < -0.4 is 9.47 Å². The first-order valence-electron chi connectivity index (χ1n) is 11.4. The number of para-hydroxylation sites is 2. The van der Waals surface area contributed by atoms with Gasteiger partial charge in [-0.2, -0.15) is 0 Å². The summed E-state index contributed by atoms with van der Waals surface area (Å²) in [5, 5.41) is 0. The van der Waals surface area contributed by atoms with E-state index in [9.17, 15) is 0 Å². The number of hydrogen-bond acceptors (Lipinski definition) is 2. The monoisotopic (exact) mass is 580 g/mol. The highest BCUT2D eigenvalue weighted by molar-refractivity contribution is 9.10. The summed E-state index contributed by atoms with van der Waals surface area (Å²) in [5.41, 5.74) is 6.70. The highest BCUT2D eigenvalue weighted by atomic mass is 79.9. The van der Waals surface area contributed by atoms with Crippen LogP contribution in [-0.4, -0.2) is 0 Å². The zero-order valence-electron chi connectivity index (χ0n) is 18.5. The summed E-state index contributed by atoms with van der Waals surface area (Å²) in [6.07, 6.45) is 0. The SMILES string of the molecule is Brc1ccc2c(c1)C1(c3ccccc3Oc3cc(Oc4ccccc4)ccc31)c1cc(Br)ccc1-2. The molecule has 1 aliphatic heterocycles. The molecule has 5 aromatic carbocycles. The van der Waals surface area contributed by atoms with Crippen molar-refractivity contribution in [1.82, 2.24) is 0 Å². The molecule has 0 radical (unpaired) electrons. The zero-order chi connectivity index (χ0) is 23.6. The molecule has 0 saturated heterocycles. The minimum atomic E-state index is -0.506. The smallest absolute Gasteiger partial charge is 0.135 e. The van der Waals surface area contributed by atoms with Gasteiger partial charge in [-0.25, -0.2) is 0 Å². The largest absolute Gasteiger partial charge is 0.457 e. The van der Waals surface area contributed by atoms with Gasteiger partial charge in [0.2, 0.25) is 0 Å². The highest BCUT2D eigenvalue weighted by Crippen LogP contribution is 2.62. The molecule has 0 aromatic heterocycles. The van der Waals surface area contributed by atoms with Crippen LogP contribution in [0.4, 0.5) is 0 Å². The fourth-order valence-electron chi connectivity index (χ4n) is 5.56. The van der Waals surface area contributed by atoms with E-state index in [1.54, 1.807) is 0 Å². The van der Waals surface area contributed by atoms with Crippen molar-refractivity contribution in [2.45, 2.75) is 5.41 Å². The van der Waals surface area contributed by atoms with Crippen molar-refractivity contribution in [3.05, 3.63) is 140 Å². The van der Waals surface area contributed by atoms with E-state index in [0.29, 0.717) is 0 Å². The molecule has 0 atom stereocenters. The van der Waals surface area contributed by atoms with E-state index in [1.165, 1.54) is 22.3 Å². The van der Waals surface area contributed by atoms with Crippen LogP contribution in [0.25, 0.3) is 11.1 Å². The van der Waals surface area contributed by atoms with Crippen molar-refractivity contribution in [2.75, 3.05) is 0 Å². The number of ether oxygens (including phenoxy) is 2. The Hall–Kier alpha value is -3.34. The average molecular weight is 582 g/mol. The normalized spacial score (nSPS) is 13.9. The Kier molecular flexibility index (Phi) is 4.70. The summed E-state index contributed by atoms with van der Waals surface area (Å²) < 4.78 is 14.8. The Morgan fingerprint density at radius 1 is 0.514 bits per heavy atom. The number of benzene rings is 5. The molecular formula is C31H18Br2O2. The molecule has 0 amide bonds. The van der Waals surface area contributed by atoms with E-state index in [2.05, 4.69) is 92.5 Å². The summed E-state index contributed by atoms with van der Waals surface area (Å²) in [7, 11) is 0. The highest BCUT2D eigenvalue weighted by Gasteiger charge is 2.51. The van der Waals surface area contributed by atoms with Gasteiger partial charge in [-0.05, 0) is 70.8 Å². The number of hydrogen-bond donors (Lipinski definition) is 0. The lowest BCUT2D eigenvalue weighted by molar-refractivity contribution is 0.427. The van der Waals surface area contributed by atoms with Crippen molar-refractivity contribution >= 4 is 31.9 Å². The molecule has 4 heteroatoms. The molecule has 0 unspecified atom stereocenters. The molecule has 7 rings (SSSR count). The van der Waals surface area contributed by atoms with E-state index in [-0.39, 0.29) is 0 Å². The van der Waals surface area contributed by atoms with Crippen LogP contribution in [0.15, 0.2) is 118 Å². The second-order valence-corrected chi connectivity index (χ2v) is 10.6. The van der Waals surface area contributed by atoms with Crippen LogP contribution in [0, 0.1) is 0 Å². The standard InChI is InChI=1S/C31H18Br2O2/c32-19-10-13-23-24-14-11-20(33)17-28(24)31(27(23)16-19)25-8-4-5-9-29(25)35-30-18-22(12-15-26(30)31)34-21-6-2-1-3-7-21/h1-18H. The van der Waals surface area contributed by atoms with Crippen molar-refractivity contribution in [2.24, 2.45) is 0 Å². The maximum atomic E-state index is 6.53. The maximum absolute atomic E-state index is 6.53. The first-order valence-corrected chi connectivity index (χ1v) is 13.0. The molecule has 2 aliphatic rings. The average Bonchev–Trinajstić information content (AvgIpc) is 3.14. The van der Waals surface area contributed by atoms with Gasteiger partial charge in [0.15, 0.2) is 0 Å². The zero-order valence-corrected chi connectivity index (χ0v) is 21.6. The van der Waals surface area contributed by atoms with Gasteiger partial charge in [0.1, 0.15) is 23.0 Å². The van der Waals surface area contributed by atoms with Crippen LogP contribution in [0.2, 0.25) is 0 Å². The minimum Gasteiger partial charge on any atom is -0.457 e. The molecule has 5 aromatic rings. The van der Waals surface area contributed by atoms with E-state index in [1.807, 2.05) is 48.5 Å². The number of fused-ring (bicyclic) bond motifs is 9. The third-order valence-corrected chi connectivity index (χ3v) is 7.89. The molecule has 0 N–H and O–H groups in total. The maximum Gasteiger partial charge on any atom is 0.135 e. The molecule has 0 saturated carbocycles. The van der Waals surface area contributed by atoms with Gasteiger partial charge >= 0.3 is 0 Å².